The van der Waals surface area contributed by atoms with E-state index in [1.54, 1.807) is 41.3 Å². The molecule has 2 amide bonds. The summed E-state index contributed by atoms with van der Waals surface area (Å²) in [5.74, 6) is -0.728. The molecule has 1 saturated carbocycles. The smallest absolute Gasteiger partial charge is 0.264 e. The molecule has 1 aliphatic rings. The van der Waals surface area contributed by atoms with Crippen molar-refractivity contribution in [3.63, 3.8) is 0 Å². The van der Waals surface area contributed by atoms with Crippen LogP contribution < -0.4 is 9.62 Å². The van der Waals surface area contributed by atoms with Gasteiger partial charge in [0.05, 0.1) is 10.6 Å². The number of aryl methyl sites for hydroxylation is 2. The number of anilines is 1. The summed E-state index contributed by atoms with van der Waals surface area (Å²) < 4.78 is 29.4. The average molecular weight is 658 g/mol. The number of nitrogens with one attached hydrogen (secondary N) is 1. The van der Waals surface area contributed by atoms with Crippen LogP contribution in [0.1, 0.15) is 47.9 Å². The van der Waals surface area contributed by atoms with E-state index in [9.17, 15) is 18.0 Å². The zero-order valence-corrected chi connectivity index (χ0v) is 27.8. The third-order valence-corrected chi connectivity index (χ3v) is 10.6. The van der Waals surface area contributed by atoms with Gasteiger partial charge in [-0.25, -0.2) is 8.42 Å². The molecule has 0 heterocycles. The fourth-order valence-corrected chi connectivity index (χ4v) is 7.41. The Kier molecular flexibility index (Phi) is 10.8. The Morgan fingerprint density at radius 1 is 0.848 bits per heavy atom. The van der Waals surface area contributed by atoms with Crippen molar-refractivity contribution in [1.29, 1.82) is 0 Å². The lowest BCUT2D eigenvalue weighted by Gasteiger charge is -2.34. The van der Waals surface area contributed by atoms with Gasteiger partial charge in [0.1, 0.15) is 12.6 Å². The Labute approximate surface area is 277 Å². The molecular formula is C37H40ClN3O4S. The van der Waals surface area contributed by atoms with E-state index in [1.807, 2.05) is 68.4 Å². The van der Waals surface area contributed by atoms with Gasteiger partial charge in [0, 0.05) is 24.0 Å². The van der Waals surface area contributed by atoms with E-state index in [4.69, 9.17) is 11.6 Å². The summed E-state index contributed by atoms with van der Waals surface area (Å²) in [6.07, 6.45) is 4.17. The van der Waals surface area contributed by atoms with E-state index in [-0.39, 0.29) is 29.8 Å². The van der Waals surface area contributed by atoms with Gasteiger partial charge in [-0.15, -0.1) is 0 Å². The Morgan fingerprint density at radius 3 is 2.13 bits per heavy atom. The van der Waals surface area contributed by atoms with Crippen LogP contribution in [0.5, 0.6) is 0 Å². The summed E-state index contributed by atoms with van der Waals surface area (Å²) >= 11 is 6.16. The molecule has 1 unspecified atom stereocenters. The van der Waals surface area contributed by atoms with Crippen molar-refractivity contribution in [3.05, 3.63) is 130 Å². The Balaban J connectivity index is 1.57. The molecular weight excluding hydrogens is 618 g/mol. The number of carbonyl (C=O) groups excluding carboxylic acids is 2. The topological polar surface area (TPSA) is 86.8 Å². The first kappa shape index (κ1) is 33.2. The molecule has 0 spiro atoms. The zero-order valence-electron chi connectivity index (χ0n) is 26.2. The minimum absolute atomic E-state index is 0.0497. The summed E-state index contributed by atoms with van der Waals surface area (Å²) in [7, 11) is -4.17. The number of rotatable bonds is 12. The molecule has 0 radical (unpaired) electrons. The molecule has 240 valence electrons. The molecule has 0 bridgehead atoms. The lowest BCUT2D eigenvalue weighted by molar-refractivity contribution is -0.140. The van der Waals surface area contributed by atoms with E-state index in [1.165, 1.54) is 12.1 Å². The van der Waals surface area contributed by atoms with Crippen LogP contribution in [0.2, 0.25) is 5.02 Å². The number of halogens is 1. The molecule has 4 aromatic rings. The van der Waals surface area contributed by atoms with Crippen molar-refractivity contribution in [1.82, 2.24) is 10.2 Å². The number of hydrogen-bond donors (Lipinski definition) is 1. The van der Waals surface area contributed by atoms with Gasteiger partial charge in [0.2, 0.25) is 11.8 Å². The lowest BCUT2D eigenvalue weighted by atomic mass is 10.0. The van der Waals surface area contributed by atoms with Gasteiger partial charge >= 0.3 is 0 Å². The van der Waals surface area contributed by atoms with Crippen LogP contribution in [-0.4, -0.2) is 43.8 Å². The first-order chi connectivity index (χ1) is 22.1. The monoisotopic (exact) mass is 657 g/mol. The highest BCUT2D eigenvalue weighted by Gasteiger charge is 2.35. The predicted molar refractivity (Wildman–Crippen MR) is 183 cm³/mol. The standard InChI is InChI=1S/C37H40ClN3O4S/c1-27-16-22-34(23-17-27)46(44,45)41(33-20-18-31(38)19-21-33)26-36(42)40(25-30-13-7-6-10-28(30)2)35(24-29-11-4-3-5-12-29)37(43)39-32-14-8-9-15-32/h3-7,10-13,16-23,32,35H,8-9,14-15,24-26H2,1-2H3,(H,39,43). The first-order valence-electron chi connectivity index (χ1n) is 15.6. The number of benzene rings is 4. The summed E-state index contributed by atoms with van der Waals surface area (Å²) in [6, 6.07) is 29.4. The van der Waals surface area contributed by atoms with Crippen molar-refractivity contribution in [3.8, 4) is 0 Å². The second kappa shape index (κ2) is 15.0. The average Bonchev–Trinajstić information content (AvgIpc) is 3.56. The second-order valence-corrected chi connectivity index (χ2v) is 14.2. The molecule has 1 N–H and O–H groups in total. The van der Waals surface area contributed by atoms with Crippen LogP contribution in [0.15, 0.2) is 108 Å². The van der Waals surface area contributed by atoms with Crippen molar-refractivity contribution in [2.45, 2.75) is 69.5 Å². The van der Waals surface area contributed by atoms with Crippen LogP contribution in [-0.2, 0) is 32.6 Å². The first-order valence-corrected chi connectivity index (χ1v) is 17.5. The van der Waals surface area contributed by atoms with Crippen LogP contribution in [0.4, 0.5) is 5.69 Å². The van der Waals surface area contributed by atoms with Crippen molar-refractivity contribution >= 4 is 39.1 Å². The van der Waals surface area contributed by atoms with Gasteiger partial charge in [0.25, 0.3) is 10.0 Å². The number of sulfonamides is 1. The Hall–Kier alpha value is -4.14. The van der Waals surface area contributed by atoms with Gasteiger partial charge in [-0.2, -0.15) is 0 Å². The zero-order chi connectivity index (χ0) is 32.7. The fraction of sp³-hybridized carbons (Fsp3) is 0.297. The molecule has 1 fully saturated rings. The van der Waals surface area contributed by atoms with Gasteiger partial charge in [-0.05, 0) is 79.8 Å². The highest BCUT2D eigenvalue weighted by molar-refractivity contribution is 7.92. The molecule has 0 aromatic heterocycles. The Bertz CT molecular complexity index is 1740. The summed E-state index contributed by atoms with van der Waals surface area (Å²) in [5, 5.41) is 3.65. The Morgan fingerprint density at radius 2 is 1.48 bits per heavy atom. The van der Waals surface area contributed by atoms with Gasteiger partial charge in [-0.3, -0.25) is 13.9 Å². The summed E-state index contributed by atoms with van der Waals surface area (Å²) in [6.45, 7) is 3.47. The van der Waals surface area contributed by atoms with E-state index >= 15 is 0 Å². The van der Waals surface area contributed by atoms with Gasteiger partial charge < -0.3 is 10.2 Å². The quantitative estimate of drug-likeness (QED) is 0.181. The SMILES string of the molecule is Cc1ccc(S(=O)(=O)N(CC(=O)N(Cc2ccccc2C)C(Cc2ccccc2)C(=O)NC2CCCC2)c2ccc(Cl)cc2)cc1. The maximum absolute atomic E-state index is 14.6. The molecule has 0 aliphatic heterocycles. The van der Waals surface area contributed by atoms with Gasteiger partial charge in [0.15, 0.2) is 0 Å². The van der Waals surface area contributed by atoms with Crippen LogP contribution in [0.3, 0.4) is 0 Å². The minimum atomic E-state index is -4.17. The lowest BCUT2D eigenvalue weighted by Crippen LogP contribution is -2.54. The molecule has 1 atom stereocenters. The van der Waals surface area contributed by atoms with E-state index in [0.717, 1.165) is 52.2 Å². The maximum atomic E-state index is 14.6. The number of amides is 2. The predicted octanol–water partition coefficient (Wildman–Crippen LogP) is 6.85. The summed E-state index contributed by atoms with van der Waals surface area (Å²) in [5.41, 5.74) is 3.95. The van der Waals surface area contributed by atoms with E-state index < -0.39 is 28.5 Å². The van der Waals surface area contributed by atoms with Crippen molar-refractivity contribution < 1.29 is 18.0 Å². The van der Waals surface area contributed by atoms with E-state index in [2.05, 4.69) is 5.32 Å². The molecule has 5 rings (SSSR count). The molecule has 4 aromatic carbocycles. The van der Waals surface area contributed by atoms with Crippen molar-refractivity contribution in [2.24, 2.45) is 0 Å². The van der Waals surface area contributed by atoms with Crippen molar-refractivity contribution in [2.75, 3.05) is 10.8 Å². The molecule has 1 aliphatic carbocycles. The second-order valence-electron chi connectivity index (χ2n) is 11.9. The highest BCUT2D eigenvalue weighted by Crippen LogP contribution is 2.27. The normalized spacial score (nSPS) is 14.1. The molecule has 46 heavy (non-hydrogen) atoms. The fourth-order valence-electron chi connectivity index (χ4n) is 5.87. The van der Waals surface area contributed by atoms with Gasteiger partial charge in [-0.1, -0.05) is 96.7 Å². The highest BCUT2D eigenvalue weighted by atomic mass is 35.5. The van der Waals surface area contributed by atoms with Crippen LogP contribution in [0, 0.1) is 13.8 Å². The summed E-state index contributed by atoms with van der Waals surface area (Å²) in [4.78, 5) is 30.4. The van der Waals surface area contributed by atoms with Crippen LogP contribution >= 0.6 is 11.6 Å². The van der Waals surface area contributed by atoms with Crippen LogP contribution in [0.25, 0.3) is 0 Å². The number of hydrogen-bond acceptors (Lipinski definition) is 4. The molecule has 0 saturated heterocycles. The van der Waals surface area contributed by atoms with E-state index in [0.29, 0.717) is 10.7 Å². The molecule has 7 nitrogen and oxygen atoms in total. The minimum Gasteiger partial charge on any atom is -0.352 e. The third-order valence-electron chi connectivity index (χ3n) is 8.58. The maximum Gasteiger partial charge on any atom is 0.264 e. The molecule has 9 heteroatoms. The number of nitrogens with zero attached hydrogens (tertiary/aromatic N) is 2. The third kappa shape index (κ3) is 8.17. The number of carbonyl (C=O) groups is 2. The largest absolute Gasteiger partial charge is 0.352 e.